The summed E-state index contributed by atoms with van der Waals surface area (Å²) < 4.78 is 4.87. The monoisotopic (exact) mass is 502 g/mol. The fourth-order valence-electron chi connectivity index (χ4n) is 6.52. The van der Waals surface area contributed by atoms with E-state index in [0.29, 0.717) is 11.6 Å². The molecule has 2 saturated heterocycles. The predicted octanol–water partition coefficient (Wildman–Crippen LogP) is 5.88. The Morgan fingerprint density at radius 1 is 1.08 bits per heavy atom. The molecule has 6 nitrogen and oxygen atoms in total. The maximum absolute atomic E-state index is 12.0. The molecule has 2 aliphatic rings. The molecule has 0 saturated carbocycles. The highest BCUT2D eigenvalue weighted by Crippen LogP contribution is 2.36. The highest BCUT2D eigenvalue weighted by molar-refractivity contribution is 5.93. The summed E-state index contributed by atoms with van der Waals surface area (Å²) in [5, 5.41) is 1.30. The van der Waals surface area contributed by atoms with Gasteiger partial charge in [0.2, 0.25) is 0 Å². The highest BCUT2D eigenvalue weighted by Gasteiger charge is 2.29. The molecule has 198 valence electrons. The van der Waals surface area contributed by atoms with Gasteiger partial charge in [0.05, 0.1) is 7.11 Å². The topological polar surface area (TPSA) is 61.5 Å². The first-order chi connectivity index (χ1) is 18.0. The van der Waals surface area contributed by atoms with Crippen LogP contribution in [0.2, 0.25) is 0 Å². The second kappa shape index (κ2) is 11.4. The zero-order chi connectivity index (χ0) is 25.9. The molecule has 0 atom stereocenters. The van der Waals surface area contributed by atoms with E-state index < -0.39 is 5.97 Å². The quantitative estimate of drug-likeness (QED) is 0.409. The Kier molecular flexibility index (Phi) is 7.96. The van der Waals surface area contributed by atoms with Crippen molar-refractivity contribution in [3.05, 3.63) is 53.3 Å². The van der Waals surface area contributed by atoms with Gasteiger partial charge in [-0.15, -0.1) is 0 Å². The van der Waals surface area contributed by atoms with Gasteiger partial charge in [0.15, 0.2) is 0 Å². The molecular weight excluding hydrogens is 460 g/mol. The first kappa shape index (κ1) is 25.9. The molecule has 1 N–H and O–H groups in total. The summed E-state index contributed by atoms with van der Waals surface area (Å²) in [7, 11) is 1.39. The molecule has 0 bridgehead atoms. The predicted molar refractivity (Wildman–Crippen MR) is 150 cm³/mol. The van der Waals surface area contributed by atoms with Gasteiger partial charge in [-0.3, -0.25) is 0 Å². The Hall–Kier alpha value is -2.70. The van der Waals surface area contributed by atoms with Gasteiger partial charge >= 0.3 is 5.97 Å². The molecule has 0 radical (unpaired) electrons. The Morgan fingerprint density at radius 2 is 1.84 bits per heavy atom. The standard InChI is InChI=1S/C31H42N4O2/c1-5-26-27-18-23(6-7-28(27)33-30(26)24-8-13-32-29(19-24)31(36)37-4)22-9-16-35(17-10-22)25-11-14-34(15-12-25)20-21(2)3/h6-8,13,18-19,21-22,25,33H,5,9-12,14-17,20H2,1-4H3. The number of esters is 1. The summed E-state index contributed by atoms with van der Waals surface area (Å²) in [5.74, 6) is 0.971. The number of methoxy groups -OCH3 is 1. The van der Waals surface area contributed by atoms with E-state index >= 15 is 0 Å². The fourth-order valence-corrected chi connectivity index (χ4v) is 6.52. The largest absolute Gasteiger partial charge is 0.464 e. The Balaban J connectivity index is 1.29. The molecule has 6 heteroatoms. The summed E-state index contributed by atoms with van der Waals surface area (Å²) in [5.41, 5.74) is 6.28. The number of benzene rings is 1. The van der Waals surface area contributed by atoms with Crippen molar-refractivity contribution in [2.75, 3.05) is 39.8 Å². The van der Waals surface area contributed by atoms with E-state index in [1.807, 2.05) is 12.1 Å². The van der Waals surface area contributed by atoms with E-state index in [0.717, 1.165) is 35.2 Å². The highest BCUT2D eigenvalue weighted by atomic mass is 16.5. The number of aryl methyl sites for hydroxylation is 1. The van der Waals surface area contributed by atoms with E-state index in [4.69, 9.17) is 4.74 Å². The van der Waals surface area contributed by atoms with Crippen molar-refractivity contribution in [3.63, 3.8) is 0 Å². The van der Waals surface area contributed by atoms with Crippen LogP contribution < -0.4 is 0 Å². The van der Waals surface area contributed by atoms with Gasteiger partial charge in [0.1, 0.15) is 5.69 Å². The summed E-state index contributed by atoms with van der Waals surface area (Å²) in [6.07, 6.45) is 7.72. The minimum Gasteiger partial charge on any atom is -0.464 e. The minimum absolute atomic E-state index is 0.332. The number of hydrogen-bond donors (Lipinski definition) is 1. The Bertz CT molecular complexity index is 1220. The molecule has 3 aromatic rings. The van der Waals surface area contributed by atoms with Crippen LogP contribution in [0.1, 0.15) is 74.0 Å². The van der Waals surface area contributed by atoms with Crippen LogP contribution in [0.4, 0.5) is 0 Å². The molecule has 0 unspecified atom stereocenters. The number of H-pyrrole nitrogens is 1. The number of carbonyl (C=O) groups is 1. The van der Waals surface area contributed by atoms with Crippen molar-refractivity contribution in [1.82, 2.24) is 19.8 Å². The van der Waals surface area contributed by atoms with Crippen molar-refractivity contribution in [2.24, 2.45) is 5.92 Å². The van der Waals surface area contributed by atoms with E-state index in [9.17, 15) is 4.79 Å². The van der Waals surface area contributed by atoms with Crippen LogP contribution in [-0.4, -0.2) is 71.6 Å². The van der Waals surface area contributed by atoms with Gasteiger partial charge in [-0.05, 0) is 106 Å². The number of carbonyl (C=O) groups excluding carboxylic acids is 1. The third kappa shape index (κ3) is 5.60. The van der Waals surface area contributed by atoms with Crippen LogP contribution in [0.25, 0.3) is 22.2 Å². The molecule has 4 heterocycles. The average molecular weight is 503 g/mol. The number of nitrogens with zero attached hydrogens (tertiary/aromatic N) is 3. The van der Waals surface area contributed by atoms with Crippen LogP contribution in [0.3, 0.4) is 0 Å². The first-order valence-electron chi connectivity index (χ1n) is 14.1. The molecular formula is C31H42N4O2. The van der Waals surface area contributed by atoms with E-state index in [1.54, 1.807) is 6.20 Å². The molecule has 2 aromatic heterocycles. The van der Waals surface area contributed by atoms with Crippen LogP contribution in [-0.2, 0) is 11.2 Å². The third-order valence-electron chi connectivity index (χ3n) is 8.42. The number of nitrogens with one attached hydrogen (secondary N) is 1. The molecule has 0 spiro atoms. The van der Waals surface area contributed by atoms with Crippen LogP contribution in [0.15, 0.2) is 36.5 Å². The number of hydrogen-bond acceptors (Lipinski definition) is 5. The lowest BCUT2D eigenvalue weighted by molar-refractivity contribution is 0.0594. The summed E-state index contributed by atoms with van der Waals surface area (Å²) in [6, 6.07) is 11.5. The number of aromatic nitrogens is 2. The number of rotatable bonds is 7. The van der Waals surface area contributed by atoms with Crippen molar-refractivity contribution in [2.45, 2.75) is 64.8 Å². The van der Waals surface area contributed by atoms with E-state index in [-0.39, 0.29) is 0 Å². The van der Waals surface area contributed by atoms with Crippen molar-refractivity contribution in [1.29, 1.82) is 0 Å². The van der Waals surface area contributed by atoms with Crippen LogP contribution in [0.5, 0.6) is 0 Å². The van der Waals surface area contributed by atoms with Crippen LogP contribution in [0, 0.1) is 5.92 Å². The van der Waals surface area contributed by atoms with Gasteiger partial charge in [0, 0.05) is 40.9 Å². The third-order valence-corrected chi connectivity index (χ3v) is 8.42. The average Bonchev–Trinajstić information content (AvgIpc) is 3.31. The Labute approximate surface area is 221 Å². The van der Waals surface area contributed by atoms with Gasteiger partial charge in [-0.1, -0.05) is 26.8 Å². The van der Waals surface area contributed by atoms with Crippen molar-refractivity contribution >= 4 is 16.9 Å². The molecule has 5 rings (SSSR count). The maximum atomic E-state index is 12.0. The molecule has 0 aliphatic carbocycles. The maximum Gasteiger partial charge on any atom is 0.356 e. The fraction of sp³-hybridized carbons (Fsp3) is 0.548. The van der Waals surface area contributed by atoms with Gasteiger partial charge in [0.25, 0.3) is 0 Å². The summed E-state index contributed by atoms with van der Waals surface area (Å²) in [6.45, 7) is 13.0. The van der Waals surface area contributed by atoms with Gasteiger partial charge in [-0.25, -0.2) is 9.78 Å². The van der Waals surface area contributed by atoms with Crippen LogP contribution >= 0.6 is 0 Å². The van der Waals surface area contributed by atoms with Crippen molar-refractivity contribution < 1.29 is 9.53 Å². The lowest BCUT2D eigenvalue weighted by atomic mass is 9.87. The smallest absolute Gasteiger partial charge is 0.356 e. The first-order valence-corrected chi connectivity index (χ1v) is 14.1. The lowest BCUT2D eigenvalue weighted by Crippen LogP contribution is -2.48. The normalized spacial score (nSPS) is 18.6. The molecule has 2 aliphatic heterocycles. The van der Waals surface area contributed by atoms with Crippen molar-refractivity contribution in [3.8, 4) is 11.3 Å². The second-order valence-corrected chi connectivity index (χ2v) is 11.3. The number of likely N-dealkylation sites (tertiary alicyclic amines) is 2. The van der Waals surface area contributed by atoms with E-state index in [1.165, 1.54) is 82.0 Å². The van der Waals surface area contributed by atoms with Gasteiger partial charge < -0.3 is 19.5 Å². The second-order valence-electron chi connectivity index (χ2n) is 11.3. The molecule has 37 heavy (non-hydrogen) atoms. The molecule has 2 fully saturated rings. The summed E-state index contributed by atoms with van der Waals surface area (Å²) in [4.78, 5) is 25.2. The molecule has 0 amide bonds. The number of piperidine rings is 2. The number of fused-ring (bicyclic) bond motifs is 1. The minimum atomic E-state index is -0.411. The van der Waals surface area contributed by atoms with Gasteiger partial charge in [-0.2, -0.15) is 0 Å². The zero-order valence-electron chi connectivity index (χ0n) is 22.9. The van der Waals surface area contributed by atoms with E-state index in [2.05, 4.69) is 58.7 Å². The zero-order valence-corrected chi connectivity index (χ0v) is 22.9. The lowest BCUT2D eigenvalue weighted by Gasteiger charge is -2.42. The SMILES string of the molecule is CCc1c(-c2ccnc(C(=O)OC)c2)[nH]c2ccc(C3CCN(C4CCN(CC(C)C)CC4)CC3)cc12. The number of ether oxygens (including phenoxy) is 1. The number of pyridine rings is 1. The number of aromatic amines is 1. The molecule has 1 aromatic carbocycles. The Morgan fingerprint density at radius 3 is 2.51 bits per heavy atom. The summed E-state index contributed by atoms with van der Waals surface area (Å²) >= 11 is 0.